The first-order chi connectivity index (χ1) is 16.3. The number of carbonyl (C=O) groups excluding carboxylic acids is 2. The second kappa shape index (κ2) is 9.90. The molecule has 4 N–H and O–H groups in total. The molecule has 34 heavy (non-hydrogen) atoms. The number of nitrogens with one attached hydrogen (secondary N) is 3. The minimum atomic E-state index is -1.64. The van der Waals surface area contributed by atoms with Crippen molar-refractivity contribution in [1.29, 1.82) is 0 Å². The summed E-state index contributed by atoms with van der Waals surface area (Å²) in [6.45, 7) is 1.57. The maximum absolute atomic E-state index is 14.4. The van der Waals surface area contributed by atoms with Crippen LogP contribution in [0, 0.1) is 12.7 Å². The molecule has 3 aromatic rings. The van der Waals surface area contributed by atoms with Crippen LogP contribution in [0.25, 0.3) is 0 Å². The highest BCUT2D eigenvalue weighted by Crippen LogP contribution is 2.36. The van der Waals surface area contributed by atoms with E-state index in [1.165, 1.54) is 18.3 Å². The molecular weight excluding hydrogens is 505 g/mol. The molecule has 1 aliphatic carbocycles. The standard InChI is InChI=1S/C25H23BrFN3O4/c1-13-5-4-8-16(22(13)27)23(32)25(34)30-19-10-9-18(14-6-2-3-7-15(14)19)29-24(33)20-11-21(31)17(26)12-28-20/h2-8,11-12,18-19,23,32H,9-10H2,1H3,(H,28,31)(H,29,33)(H,30,34). The van der Waals surface area contributed by atoms with E-state index in [2.05, 4.69) is 31.5 Å². The zero-order chi connectivity index (χ0) is 24.4. The average molecular weight is 528 g/mol. The Morgan fingerprint density at radius 2 is 1.74 bits per heavy atom. The van der Waals surface area contributed by atoms with Crippen LogP contribution in [-0.2, 0) is 4.79 Å². The van der Waals surface area contributed by atoms with E-state index >= 15 is 0 Å². The molecule has 7 nitrogen and oxygen atoms in total. The van der Waals surface area contributed by atoms with Crippen LogP contribution < -0.4 is 16.1 Å². The number of H-pyrrole nitrogens is 1. The summed E-state index contributed by atoms with van der Waals surface area (Å²) < 4.78 is 14.7. The summed E-state index contributed by atoms with van der Waals surface area (Å²) in [5, 5.41) is 16.2. The lowest BCUT2D eigenvalue weighted by Gasteiger charge is -2.33. The van der Waals surface area contributed by atoms with Crippen molar-refractivity contribution in [3.8, 4) is 0 Å². The lowest BCUT2D eigenvalue weighted by atomic mass is 9.84. The van der Waals surface area contributed by atoms with Crippen molar-refractivity contribution in [3.63, 3.8) is 0 Å². The molecule has 3 unspecified atom stereocenters. The van der Waals surface area contributed by atoms with Gasteiger partial charge in [0.1, 0.15) is 11.5 Å². The molecule has 1 aromatic heterocycles. The van der Waals surface area contributed by atoms with E-state index in [4.69, 9.17) is 0 Å². The van der Waals surface area contributed by atoms with Crippen molar-refractivity contribution in [1.82, 2.24) is 15.6 Å². The van der Waals surface area contributed by atoms with Gasteiger partial charge in [-0.2, -0.15) is 0 Å². The lowest BCUT2D eigenvalue weighted by Crippen LogP contribution is -2.38. The Morgan fingerprint density at radius 3 is 2.38 bits per heavy atom. The topological polar surface area (TPSA) is 111 Å². The third-order valence-corrected chi connectivity index (χ3v) is 6.61. The van der Waals surface area contributed by atoms with Crippen LogP contribution in [-0.4, -0.2) is 21.9 Å². The smallest absolute Gasteiger partial charge is 0.268 e. The van der Waals surface area contributed by atoms with Gasteiger partial charge in [0.05, 0.1) is 16.6 Å². The molecule has 176 valence electrons. The minimum absolute atomic E-state index is 0.0739. The van der Waals surface area contributed by atoms with Crippen molar-refractivity contribution >= 4 is 27.7 Å². The first-order valence-electron chi connectivity index (χ1n) is 10.8. The summed E-state index contributed by atoms with van der Waals surface area (Å²) in [5.74, 6) is -1.72. The number of aryl methyl sites for hydroxylation is 1. The van der Waals surface area contributed by atoms with Crippen LogP contribution in [0.1, 0.15) is 63.8 Å². The molecule has 3 atom stereocenters. The number of benzene rings is 2. The lowest BCUT2D eigenvalue weighted by molar-refractivity contribution is -0.130. The largest absolute Gasteiger partial charge is 0.378 e. The Morgan fingerprint density at radius 1 is 1.09 bits per heavy atom. The summed E-state index contributed by atoms with van der Waals surface area (Å²) in [7, 11) is 0. The minimum Gasteiger partial charge on any atom is -0.378 e. The molecule has 2 aromatic carbocycles. The third kappa shape index (κ3) is 4.80. The average Bonchev–Trinajstić information content (AvgIpc) is 2.83. The van der Waals surface area contributed by atoms with Gasteiger partial charge in [0.15, 0.2) is 11.5 Å². The highest BCUT2D eigenvalue weighted by molar-refractivity contribution is 9.10. The first-order valence-corrected chi connectivity index (χ1v) is 11.6. The van der Waals surface area contributed by atoms with Crippen LogP contribution in [0.5, 0.6) is 0 Å². The predicted octanol–water partition coefficient (Wildman–Crippen LogP) is 3.74. The van der Waals surface area contributed by atoms with Crippen LogP contribution in [0.2, 0.25) is 0 Å². The number of amides is 2. The number of halogens is 2. The highest BCUT2D eigenvalue weighted by atomic mass is 79.9. The van der Waals surface area contributed by atoms with Crippen molar-refractivity contribution in [2.24, 2.45) is 0 Å². The summed E-state index contributed by atoms with van der Waals surface area (Å²) in [5.41, 5.74) is 1.73. The quantitative estimate of drug-likeness (QED) is 0.405. The van der Waals surface area contributed by atoms with Gasteiger partial charge in [0.25, 0.3) is 11.8 Å². The van der Waals surface area contributed by atoms with Gasteiger partial charge in [0, 0.05) is 17.8 Å². The maximum Gasteiger partial charge on any atom is 0.268 e. The molecule has 0 spiro atoms. The number of hydrogen-bond donors (Lipinski definition) is 4. The van der Waals surface area contributed by atoms with Crippen LogP contribution in [0.4, 0.5) is 4.39 Å². The van der Waals surface area contributed by atoms with Gasteiger partial charge >= 0.3 is 0 Å². The van der Waals surface area contributed by atoms with Crippen LogP contribution in [0.15, 0.2) is 64.0 Å². The summed E-state index contributed by atoms with van der Waals surface area (Å²) in [4.78, 5) is 40.1. The number of fused-ring (bicyclic) bond motifs is 1. The molecule has 0 aliphatic heterocycles. The first kappa shape index (κ1) is 23.8. The van der Waals surface area contributed by atoms with E-state index in [-0.39, 0.29) is 22.7 Å². The molecule has 1 aliphatic rings. The molecule has 2 amide bonds. The van der Waals surface area contributed by atoms with Gasteiger partial charge in [-0.15, -0.1) is 0 Å². The number of hydrogen-bond acceptors (Lipinski definition) is 4. The molecular formula is C25H23BrFN3O4. The summed E-state index contributed by atoms with van der Waals surface area (Å²) in [6, 6.07) is 12.4. The summed E-state index contributed by atoms with van der Waals surface area (Å²) >= 11 is 3.11. The number of aliphatic hydroxyl groups excluding tert-OH is 1. The van der Waals surface area contributed by atoms with Crippen molar-refractivity contribution in [2.45, 2.75) is 38.0 Å². The van der Waals surface area contributed by atoms with Gasteiger partial charge in [-0.05, 0) is 52.4 Å². The van der Waals surface area contributed by atoms with Crippen molar-refractivity contribution in [2.75, 3.05) is 0 Å². The summed E-state index contributed by atoms with van der Waals surface area (Å²) in [6.07, 6.45) is 0.787. The van der Waals surface area contributed by atoms with E-state index in [1.807, 2.05) is 24.3 Å². The molecule has 0 saturated carbocycles. The zero-order valence-corrected chi connectivity index (χ0v) is 19.9. The van der Waals surface area contributed by atoms with E-state index in [9.17, 15) is 23.9 Å². The normalized spacial score (nSPS) is 18.0. The Labute approximate surface area is 203 Å². The van der Waals surface area contributed by atoms with Crippen LogP contribution >= 0.6 is 15.9 Å². The molecule has 0 bridgehead atoms. The van der Waals surface area contributed by atoms with Crippen molar-refractivity contribution in [3.05, 3.63) is 103 Å². The Balaban J connectivity index is 1.51. The molecule has 0 saturated heterocycles. The van der Waals surface area contributed by atoms with Gasteiger partial charge in [0.2, 0.25) is 0 Å². The van der Waals surface area contributed by atoms with E-state index in [0.29, 0.717) is 22.9 Å². The Bertz CT molecular complexity index is 1310. The fourth-order valence-corrected chi connectivity index (χ4v) is 4.41. The predicted molar refractivity (Wildman–Crippen MR) is 128 cm³/mol. The monoisotopic (exact) mass is 527 g/mol. The second-order valence-corrected chi connectivity index (χ2v) is 9.09. The van der Waals surface area contributed by atoms with Gasteiger partial charge in [-0.25, -0.2) is 4.39 Å². The van der Waals surface area contributed by atoms with E-state index < -0.39 is 29.8 Å². The third-order valence-electron chi connectivity index (χ3n) is 5.99. The fraction of sp³-hybridized carbons (Fsp3) is 0.240. The van der Waals surface area contributed by atoms with Gasteiger partial charge in [-0.1, -0.05) is 42.5 Å². The van der Waals surface area contributed by atoms with E-state index in [1.54, 1.807) is 19.1 Å². The number of carbonyl (C=O) groups is 2. The zero-order valence-electron chi connectivity index (χ0n) is 18.3. The molecule has 0 radical (unpaired) electrons. The van der Waals surface area contributed by atoms with Gasteiger partial charge < -0.3 is 20.7 Å². The Hall–Kier alpha value is -3.30. The highest BCUT2D eigenvalue weighted by Gasteiger charge is 2.31. The van der Waals surface area contributed by atoms with Gasteiger partial charge in [-0.3, -0.25) is 14.4 Å². The number of pyridine rings is 1. The SMILES string of the molecule is Cc1cccc(C(O)C(=O)NC2CCC(NC(=O)c3cc(=O)c(Br)c[nH]3)c3ccccc32)c1F. The number of rotatable bonds is 5. The number of aromatic nitrogens is 1. The molecule has 4 rings (SSSR count). The molecule has 9 heteroatoms. The van der Waals surface area contributed by atoms with Crippen molar-refractivity contribution < 1.29 is 19.1 Å². The van der Waals surface area contributed by atoms with Crippen LogP contribution in [0.3, 0.4) is 0 Å². The molecule has 0 fully saturated rings. The Kier molecular flexibility index (Phi) is 6.95. The fourth-order valence-electron chi connectivity index (χ4n) is 4.18. The van der Waals surface area contributed by atoms with E-state index in [0.717, 1.165) is 11.1 Å². The maximum atomic E-state index is 14.4. The number of aromatic amines is 1. The molecule has 1 heterocycles. The number of aliphatic hydroxyl groups is 1. The second-order valence-electron chi connectivity index (χ2n) is 8.23.